The zero-order chi connectivity index (χ0) is 18.6. The first-order chi connectivity index (χ1) is 12.7. The average Bonchev–Trinajstić information content (AvgIpc) is 2.69. The molecule has 1 unspecified atom stereocenters. The number of unbranched alkanes of at least 4 members (excludes halogenated alkanes) is 4. The van der Waals surface area contributed by atoms with Crippen molar-refractivity contribution in [3.05, 3.63) is 36.5 Å². The van der Waals surface area contributed by atoms with Crippen LogP contribution in [0.1, 0.15) is 59.3 Å². The second-order valence-corrected chi connectivity index (χ2v) is 6.82. The Bertz CT molecular complexity index is 631. The zero-order valence-electron chi connectivity index (χ0n) is 16.4. The topological polar surface area (TPSA) is 44.2 Å². The quantitative estimate of drug-likeness (QED) is 0.443. The predicted molar refractivity (Wildman–Crippen MR) is 107 cm³/mol. The van der Waals surface area contributed by atoms with E-state index >= 15 is 0 Å². The van der Waals surface area contributed by atoms with Gasteiger partial charge in [-0.25, -0.2) is 0 Å². The van der Waals surface area contributed by atoms with Crippen LogP contribution in [0.2, 0.25) is 0 Å². The number of rotatable bonds is 12. The van der Waals surface area contributed by atoms with Crippen molar-refractivity contribution in [3.8, 4) is 23.0 Å². The van der Waals surface area contributed by atoms with Crippen LogP contribution in [-0.4, -0.2) is 23.2 Å². The van der Waals surface area contributed by atoms with E-state index in [1.165, 1.54) is 25.7 Å². The van der Waals surface area contributed by atoms with Crippen LogP contribution in [0.3, 0.4) is 0 Å². The molecule has 4 heteroatoms. The maximum Gasteiger partial charge on any atom is 0.317 e. The van der Waals surface area contributed by atoms with Gasteiger partial charge in [0.05, 0.1) is 19.4 Å². The molecule has 0 N–H and O–H groups in total. The number of aromatic nitrogens is 2. The summed E-state index contributed by atoms with van der Waals surface area (Å²) in [4.78, 5) is 8.96. The number of benzene rings is 1. The van der Waals surface area contributed by atoms with Crippen molar-refractivity contribution in [2.45, 2.75) is 59.3 Å². The van der Waals surface area contributed by atoms with E-state index in [0.29, 0.717) is 25.1 Å². The molecule has 26 heavy (non-hydrogen) atoms. The lowest BCUT2D eigenvalue weighted by molar-refractivity contribution is 0.236. The summed E-state index contributed by atoms with van der Waals surface area (Å²) in [5, 5.41) is 0. The van der Waals surface area contributed by atoms with Crippen LogP contribution in [0.15, 0.2) is 36.5 Å². The summed E-state index contributed by atoms with van der Waals surface area (Å²) < 4.78 is 11.8. The van der Waals surface area contributed by atoms with Gasteiger partial charge in [-0.05, 0) is 12.3 Å². The molecule has 0 aliphatic heterocycles. The third-order valence-corrected chi connectivity index (χ3v) is 4.48. The lowest BCUT2D eigenvalue weighted by Gasteiger charge is -2.13. The van der Waals surface area contributed by atoms with Crippen molar-refractivity contribution in [1.82, 2.24) is 9.97 Å². The Morgan fingerprint density at radius 2 is 1.73 bits per heavy atom. The fourth-order valence-corrected chi connectivity index (χ4v) is 2.55. The molecule has 0 spiro atoms. The van der Waals surface area contributed by atoms with E-state index in [4.69, 9.17) is 9.47 Å². The maximum atomic E-state index is 5.99. The van der Waals surface area contributed by atoms with Crippen LogP contribution in [0, 0.1) is 5.92 Å². The van der Waals surface area contributed by atoms with Crippen molar-refractivity contribution >= 4 is 0 Å². The van der Waals surface area contributed by atoms with Gasteiger partial charge in [0.15, 0.2) is 5.75 Å². The zero-order valence-corrected chi connectivity index (χ0v) is 16.4. The Morgan fingerprint density at radius 3 is 2.46 bits per heavy atom. The van der Waals surface area contributed by atoms with E-state index in [9.17, 15) is 0 Å². The molecule has 4 nitrogen and oxygen atoms in total. The minimum Gasteiger partial charge on any atom is -0.490 e. The van der Waals surface area contributed by atoms with Crippen molar-refractivity contribution in [2.24, 2.45) is 5.92 Å². The molecular formula is C22H32N2O2. The van der Waals surface area contributed by atoms with Gasteiger partial charge in [0.25, 0.3) is 0 Å². The van der Waals surface area contributed by atoms with E-state index in [-0.39, 0.29) is 0 Å². The van der Waals surface area contributed by atoms with E-state index in [0.717, 1.165) is 29.8 Å². The van der Waals surface area contributed by atoms with Crippen LogP contribution in [0.5, 0.6) is 11.8 Å². The summed E-state index contributed by atoms with van der Waals surface area (Å²) in [7, 11) is 0. The molecule has 1 aromatic heterocycles. The van der Waals surface area contributed by atoms with E-state index < -0.39 is 0 Å². The Balaban J connectivity index is 2.06. The van der Waals surface area contributed by atoms with Gasteiger partial charge >= 0.3 is 6.01 Å². The van der Waals surface area contributed by atoms with Crippen LogP contribution in [0.25, 0.3) is 11.3 Å². The molecule has 0 aliphatic rings. The second-order valence-electron chi connectivity index (χ2n) is 6.82. The average molecular weight is 357 g/mol. The highest BCUT2D eigenvalue weighted by atomic mass is 16.5. The minimum absolute atomic E-state index is 0.416. The Morgan fingerprint density at radius 1 is 0.962 bits per heavy atom. The van der Waals surface area contributed by atoms with Crippen molar-refractivity contribution in [2.75, 3.05) is 13.2 Å². The van der Waals surface area contributed by atoms with E-state index in [1.54, 1.807) is 6.20 Å². The largest absolute Gasteiger partial charge is 0.490 e. The van der Waals surface area contributed by atoms with Crippen LogP contribution < -0.4 is 9.47 Å². The summed E-state index contributed by atoms with van der Waals surface area (Å²) in [5.74, 6) is 1.21. The molecule has 1 heterocycles. The van der Waals surface area contributed by atoms with Crippen LogP contribution in [0.4, 0.5) is 0 Å². The van der Waals surface area contributed by atoms with Crippen molar-refractivity contribution in [1.29, 1.82) is 0 Å². The molecule has 0 amide bonds. The summed E-state index contributed by atoms with van der Waals surface area (Å²) in [6.07, 6.45) is 8.89. The molecule has 1 atom stereocenters. The molecule has 0 fully saturated rings. The molecule has 0 saturated carbocycles. The highest BCUT2D eigenvalue weighted by molar-refractivity contribution is 5.65. The van der Waals surface area contributed by atoms with Crippen LogP contribution >= 0.6 is 0 Å². The van der Waals surface area contributed by atoms with E-state index in [1.807, 2.05) is 30.3 Å². The maximum absolute atomic E-state index is 5.99. The summed E-state index contributed by atoms with van der Waals surface area (Å²) in [5.41, 5.74) is 1.82. The highest BCUT2D eigenvalue weighted by Crippen LogP contribution is 2.29. The lowest BCUT2D eigenvalue weighted by Crippen LogP contribution is -2.10. The first-order valence-electron chi connectivity index (χ1n) is 9.92. The molecule has 0 radical (unpaired) electrons. The van der Waals surface area contributed by atoms with Gasteiger partial charge < -0.3 is 9.47 Å². The SMILES string of the molecule is CCCCCCCOc1cnc(OCC(C)CC)nc1-c1ccccc1. The fourth-order valence-electron chi connectivity index (χ4n) is 2.55. The highest BCUT2D eigenvalue weighted by Gasteiger charge is 2.12. The summed E-state index contributed by atoms with van der Waals surface area (Å²) >= 11 is 0. The predicted octanol–water partition coefficient (Wildman–Crippen LogP) is 5.92. The molecular weight excluding hydrogens is 324 g/mol. The van der Waals surface area contributed by atoms with Crippen molar-refractivity contribution < 1.29 is 9.47 Å². The van der Waals surface area contributed by atoms with E-state index in [2.05, 4.69) is 30.7 Å². The molecule has 142 valence electrons. The Hall–Kier alpha value is -2.10. The van der Waals surface area contributed by atoms with Gasteiger partial charge in [0.1, 0.15) is 5.69 Å². The third kappa shape index (κ3) is 6.66. The fraction of sp³-hybridized carbons (Fsp3) is 0.545. The molecule has 0 saturated heterocycles. The normalized spacial score (nSPS) is 12.0. The molecule has 0 aliphatic carbocycles. The van der Waals surface area contributed by atoms with Gasteiger partial charge in [0.2, 0.25) is 0 Å². The number of hydrogen-bond acceptors (Lipinski definition) is 4. The third-order valence-electron chi connectivity index (χ3n) is 4.48. The number of ether oxygens (including phenoxy) is 2. The van der Waals surface area contributed by atoms with Crippen molar-refractivity contribution in [3.63, 3.8) is 0 Å². The molecule has 2 rings (SSSR count). The minimum atomic E-state index is 0.416. The Kier molecular flexibility index (Phi) is 8.94. The van der Waals surface area contributed by atoms with Gasteiger partial charge in [-0.1, -0.05) is 83.2 Å². The first-order valence-corrected chi connectivity index (χ1v) is 9.92. The monoisotopic (exact) mass is 356 g/mol. The molecule has 1 aromatic carbocycles. The van der Waals surface area contributed by atoms with Gasteiger partial charge in [-0.15, -0.1) is 0 Å². The summed E-state index contributed by atoms with van der Waals surface area (Å²) in [6.45, 7) is 7.86. The van der Waals surface area contributed by atoms with Crippen LogP contribution in [-0.2, 0) is 0 Å². The molecule has 0 bridgehead atoms. The Labute approximate surface area is 158 Å². The van der Waals surface area contributed by atoms with Gasteiger partial charge in [0, 0.05) is 5.56 Å². The number of nitrogens with zero attached hydrogens (tertiary/aromatic N) is 2. The lowest BCUT2D eigenvalue weighted by atomic mass is 10.1. The van der Waals surface area contributed by atoms with Gasteiger partial charge in [-0.2, -0.15) is 9.97 Å². The standard InChI is InChI=1S/C22H32N2O2/c1-4-6-7-8-12-15-25-20-16-23-22(26-17-18(3)5-2)24-21(20)19-13-10-9-11-14-19/h9-11,13-14,16,18H,4-8,12,15,17H2,1-3H3. The molecule has 2 aromatic rings. The van der Waals surface area contributed by atoms with Gasteiger partial charge in [-0.3, -0.25) is 0 Å². The first kappa shape index (κ1) is 20.2. The summed E-state index contributed by atoms with van der Waals surface area (Å²) in [6, 6.07) is 10.5. The second kappa shape index (κ2) is 11.5. The number of hydrogen-bond donors (Lipinski definition) is 0. The smallest absolute Gasteiger partial charge is 0.317 e.